The number of hydrogen-bond donors (Lipinski definition) is 13. The lowest BCUT2D eigenvalue weighted by Gasteiger charge is -2.28. The lowest BCUT2D eigenvalue weighted by Crippen LogP contribution is -2.61. The quantitative estimate of drug-likeness (QED) is 0.0297. The summed E-state index contributed by atoms with van der Waals surface area (Å²) in [6.45, 7) is 5.79. The highest BCUT2D eigenvalue weighted by Gasteiger charge is 2.35. The predicted octanol–water partition coefficient (Wildman–Crippen LogP) is -1.70. The van der Waals surface area contributed by atoms with Crippen molar-refractivity contribution in [3.05, 3.63) is 83.9 Å². The van der Waals surface area contributed by atoms with Gasteiger partial charge in [-0.05, 0) is 92.8 Å². The first-order valence-corrected chi connectivity index (χ1v) is 25.3. The summed E-state index contributed by atoms with van der Waals surface area (Å²) in [6.07, 6.45) is 1.15. The van der Waals surface area contributed by atoms with E-state index in [9.17, 15) is 47.9 Å². The van der Waals surface area contributed by atoms with Crippen LogP contribution in [0.3, 0.4) is 0 Å². The largest absolute Gasteiger partial charge is 0.370 e. The minimum Gasteiger partial charge on any atom is -0.370 e. The molecule has 23 nitrogen and oxygen atoms in total. The van der Waals surface area contributed by atoms with Crippen molar-refractivity contribution in [2.24, 2.45) is 40.3 Å². The molecule has 10 amide bonds. The molecular formula is C52H77N13O10. The second kappa shape index (κ2) is 31.9. The molecule has 0 fully saturated rings. The topological polar surface area (TPSA) is 411 Å². The fourth-order valence-corrected chi connectivity index (χ4v) is 8.09. The minimum atomic E-state index is -1.74. The molecule has 0 saturated carbocycles. The molecule has 8 atom stereocenters. The molecule has 0 saturated heterocycles. The van der Waals surface area contributed by atoms with Crippen molar-refractivity contribution in [1.82, 2.24) is 37.2 Å². The highest BCUT2D eigenvalue weighted by molar-refractivity contribution is 5.99. The van der Waals surface area contributed by atoms with Crippen molar-refractivity contribution in [2.75, 3.05) is 13.1 Å². The van der Waals surface area contributed by atoms with Crippen LogP contribution < -0.4 is 71.6 Å². The third kappa shape index (κ3) is 21.9. The summed E-state index contributed by atoms with van der Waals surface area (Å²) < 4.78 is 0. The Balaban J connectivity index is 1.99. The van der Waals surface area contributed by atoms with E-state index in [1.54, 1.807) is 54.6 Å². The maximum absolute atomic E-state index is 14.5. The van der Waals surface area contributed by atoms with Crippen LogP contribution in [0.25, 0.3) is 10.8 Å². The van der Waals surface area contributed by atoms with Crippen molar-refractivity contribution in [3.8, 4) is 0 Å². The van der Waals surface area contributed by atoms with Crippen LogP contribution in [0.1, 0.15) is 96.1 Å². The van der Waals surface area contributed by atoms with E-state index in [0.29, 0.717) is 61.7 Å². The first-order chi connectivity index (χ1) is 35.6. The molecule has 75 heavy (non-hydrogen) atoms. The Kier molecular flexibility index (Phi) is 26.3. The van der Waals surface area contributed by atoms with E-state index in [1.807, 2.05) is 32.0 Å². The third-order valence-electron chi connectivity index (χ3n) is 12.2. The zero-order valence-electron chi connectivity index (χ0n) is 43.1. The number of unbranched alkanes of at least 4 members (excludes halogenated alkanes) is 2. The van der Waals surface area contributed by atoms with Crippen molar-refractivity contribution >= 4 is 69.8 Å². The maximum Gasteiger partial charge on any atom is 0.243 e. The number of carbonyl (C=O) groups excluding carboxylic acids is 10. The van der Waals surface area contributed by atoms with Crippen LogP contribution in [0.5, 0.6) is 0 Å². The Morgan fingerprint density at radius 1 is 0.467 bits per heavy atom. The summed E-state index contributed by atoms with van der Waals surface area (Å²) in [5.41, 5.74) is 35.0. The number of nitrogens with two attached hydrogens (primary N) is 6. The molecule has 19 N–H and O–H groups in total. The number of primary amides is 3. The van der Waals surface area contributed by atoms with Crippen molar-refractivity contribution in [3.63, 3.8) is 0 Å². The van der Waals surface area contributed by atoms with Crippen molar-refractivity contribution in [1.29, 1.82) is 0 Å². The van der Waals surface area contributed by atoms with E-state index in [2.05, 4.69) is 37.2 Å². The van der Waals surface area contributed by atoms with Crippen LogP contribution >= 0.6 is 0 Å². The van der Waals surface area contributed by atoms with Gasteiger partial charge >= 0.3 is 0 Å². The number of amides is 10. The van der Waals surface area contributed by atoms with Crippen LogP contribution in [0.2, 0.25) is 0 Å². The third-order valence-corrected chi connectivity index (χ3v) is 12.2. The molecule has 0 heterocycles. The van der Waals surface area contributed by atoms with Crippen molar-refractivity contribution in [2.45, 2.75) is 146 Å². The van der Waals surface area contributed by atoms with E-state index < -0.39 is 120 Å². The summed E-state index contributed by atoms with van der Waals surface area (Å²) in [6, 6.07) is 10.5. The summed E-state index contributed by atoms with van der Waals surface area (Å²) in [5, 5.41) is 19.6. The lowest BCUT2D eigenvalue weighted by atomic mass is 9.97. The Labute approximate surface area is 437 Å². The van der Waals surface area contributed by atoms with Crippen LogP contribution in [0.4, 0.5) is 0 Å². The van der Waals surface area contributed by atoms with E-state index in [1.165, 1.54) is 6.92 Å². The summed E-state index contributed by atoms with van der Waals surface area (Å²) in [4.78, 5) is 134. The number of benzene rings is 3. The van der Waals surface area contributed by atoms with Crippen LogP contribution in [-0.4, -0.2) is 120 Å². The van der Waals surface area contributed by atoms with Gasteiger partial charge in [-0.2, -0.15) is 0 Å². The highest BCUT2D eigenvalue weighted by Crippen LogP contribution is 2.21. The van der Waals surface area contributed by atoms with Gasteiger partial charge < -0.3 is 71.6 Å². The minimum absolute atomic E-state index is 0.0965. The van der Waals surface area contributed by atoms with E-state index >= 15 is 0 Å². The molecule has 410 valence electrons. The van der Waals surface area contributed by atoms with Gasteiger partial charge in [0.25, 0.3) is 0 Å². The van der Waals surface area contributed by atoms with Gasteiger partial charge in [0.1, 0.15) is 42.3 Å². The van der Waals surface area contributed by atoms with Gasteiger partial charge in [0.2, 0.25) is 59.1 Å². The smallest absolute Gasteiger partial charge is 0.243 e. The van der Waals surface area contributed by atoms with Gasteiger partial charge in [0.15, 0.2) is 0 Å². The molecule has 3 aromatic rings. The Bertz CT molecular complexity index is 2420. The normalized spacial score (nSPS) is 14.3. The number of carbonyl (C=O) groups is 10. The van der Waals surface area contributed by atoms with E-state index in [4.69, 9.17) is 34.4 Å². The second-order valence-electron chi connectivity index (χ2n) is 19.0. The Morgan fingerprint density at radius 3 is 1.57 bits per heavy atom. The average molecular weight is 1040 g/mol. The first-order valence-electron chi connectivity index (χ1n) is 25.3. The van der Waals surface area contributed by atoms with Crippen LogP contribution in [0, 0.1) is 5.92 Å². The molecule has 0 radical (unpaired) electrons. The Morgan fingerprint density at radius 2 is 0.973 bits per heavy atom. The maximum atomic E-state index is 14.5. The standard InChI is InChI=1S/C52H77N13O10/c1-30(2)26-39(62-47(70)36(55)20-9-11-24-53)49(72)63-40(27-32-14-5-4-6-15-32)50(73)65-42(29-44(57)67)52(75)64-41(28-34-18-13-17-33-16-7-8-19-35(33)34)51(74)61-38(22-23-43(56)66)48(71)59-31(3)46(69)60-37(45(58)68)21-10-12-25-54/h4-8,13-19,30-31,36-42H,9-12,20-29,53-55H2,1-3H3,(H2,56,66)(H2,57,67)(H2,58,68)(H,59,71)(H,60,69)(H,61,74)(H,62,70)(H,63,72)(H,64,75)(H,65,73)/t31-,36-,37-,38-,39-,40-,41-,42-/m0/s1. The lowest BCUT2D eigenvalue weighted by molar-refractivity contribution is -0.136. The van der Waals surface area contributed by atoms with Crippen LogP contribution in [-0.2, 0) is 60.8 Å². The monoisotopic (exact) mass is 1040 g/mol. The summed E-state index contributed by atoms with van der Waals surface area (Å²) in [5.74, 6) is -8.65. The molecule has 3 rings (SSSR count). The highest BCUT2D eigenvalue weighted by atomic mass is 16.2. The number of nitrogens with one attached hydrogen (secondary N) is 7. The molecule has 0 spiro atoms. The zero-order valence-corrected chi connectivity index (χ0v) is 43.1. The van der Waals surface area contributed by atoms with Gasteiger partial charge in [-0.15, -0.1) is 0 Å². The molecule has 0 aliphatic rings. The molecule has 3 aromatic carbocycles. The van der Waals surface area contributed by atoms with Gasteiger partial charge in [0.05, 0.1) is 12.5 Å². The molecule has 0 aliphatic heterocycles. The average Bonchev–Trinajstić information content (AvgIpc) is 3.36. The fraction of sp³-hybridized carbons (Fsp3) is 0.500. The van der Waals surface area contributed by atoms with E-state index in [-0.39, 0.29) is 38.0 Å². The zero-order chi connectivity index (χ0) is 55.6. The SMILES string of the molecule is CC(C)C[C@H](NC(=O)[C@@H](N)CCCCN)C(=O)N[C@@H](Cc1ccccc1)C(=O)N[C@@H](CC(N)=O)C(=O)N[C@@H](Cc1cccc2ccccc12)C(=O)N[C@@H](CCC(N)=O)C(=O)N[C@@H](C)C(=O)N[C@@H](CCCCN)C(N)=O. The van der Waals surface area contributed by atoms with E-state index in [0.717, 1.165) is 5.39 Å². The predicted molar refractivity (Wildman–Crippen MR) is 282 cm³/mol. The molecule has 0 aromatic heterocycles. The number of rotatable bonds is 34. The van der Waals surface area contributed by atoms with Crippen LogP contribution in [0.15, 0.2) is 72.8 Å². The molecular weight excluding hydrogens is 967 g/mol. The molecule has 0 bridgehead atoms. The summed E-state index contributed by atoms with van der Waals surface area (Å²) in [7, 11) is 0. The Hall–Kier alpha value is -7.50. The fourth-order valence-electron chi connectivity index (χ4n) is 8.09. The second-order valence-corrected chi connectivity index (χ2v) is 19.0. The number of fused-ring (bicyclic) bond motifs is 1. The van der Waals surface area contributed by atoms with Crippen molar-refractivity contribution < 1.29 is 47.9 Å². The number of hydrogen-bond acceptors (Lipinski definition) is 13. The molecule has 23 heteroatoms. The first kappa shape index (κ1) is 61.8. The van der Waals surface area contributed by atoms with Gasteiger partial charge in [0, 0.05) is 19.3 Å². The summed E-state index contributed by atoms with van der Waals surface area (Å²) >= 11 is 0. The van der Waals surface area contributed by atoms with Gasteiger partial charge in [-0.1, -0.05) is 93.1 Å². The van der Waals surface area contributed by atoms with Gasteiger partial charge in [-0.25, -0.2) is 0 Å². The van der Waals surface area contributed by atoms with Gasteiger partial charge in [-0.3, -0.25) is 47.9 Å². The molecule has 0 unspecified atom stereocenters. The molecule has 0 aliphatic carbocycles.